The van der Waals surface area contributed by atoms with Gasteiger partial charge in [0.1, 0.15) is 4.70 Å². The van der Waals surface area contributed by atoms with Crippen molar-refractivity contribution in [2.24, 2.45) is 0 Å². The summed E-state index contributed by atoms with van der Waals surface area (Å²) in [6, 6.07) is 28.2. The maximum absolute atomic E-state index is 13.8. The molecule has 0 radical (unpaired) electrons. The smallest absolute Gasteiger partial charge is 0.275 e. The molecule has 0 saturated heterocycles. The maximum Gasteiger partial charge on any atom is 0.278 e. The molecule has 5 aromatic rings. The summed E-state index contributed by atoms with van der Waals surface area (Å²) in [6.07, 6.45) is 0. The molecule has 3 aromatic carbocycles. The highest BCUT2D eigenvalue weighted by Crippen LogP contribution is 2.29. The summed E-state index contributed by atoms with van der Waals surface area (Å²) in [4.78, 5) is 18.8. The van der Waals surface area contributed by atoms with Crippen LogP contribution in [0.3, 0.4) is 0 Å². The van der Waals surface area contributed by atoms with Gasteiger partial charge in [0.2, 0.25) is 0 Å². The van der Waals surface area contributed by atoms with Crippen molar-refractivity contribution < 1.29 is 0 Å². The number of thiazole rings is 1. The average Bonchev–Trinajstić information content (AvgIpc) is 3.19. The largest absolute Gasteiger partial charge is 0.278 e. The molecule has 5 rings (SSSR count). The molecule has 0 amide bonds. The Morgan fingerprint density at radius 2 is 1.43 bits per heavy atom. The Balaban J connectivity index is 1.63. The first kappa shape index (κ1) is 23.7. The minimum atomic E-state index is -0.0995. The van der Waals surface area contributed by atoms with Gasteiger partial charge in [-0.05, 0) is 53.0 Å². The Bertz CT molecular complexity index is 1590. The van der Waals surface area contributed by atoms with E-state index in [1.54, 1.807) is 16.3 Å². The molecular formula is C28H25N3OS3. The van der Waals surface area contributed by atoms with Crippen LogP contribution in [0.25, 0.3) is 21.7 Å². The minimum Gasteiger partial charge on any atom is -0.275 e. The van der Waals surface area contributed by atoms with Crippen molar-refractivity contribution >= 4 is 45.7 Å². The van der Waals surface area contributed by atoms with Crippen LogP contribution in [0.1, 0.15) is 31.9 Å². The number of benzene rings is 3. The fourth-order valence-electron chi connectivity index (χ4n) is 3.89. The predicted molar refractivity (Wildman–Crippen MR) is 150 cm³/mol. The number of para-hydroxylation sites is 2. The first-order valence-electron chi connectivity index (χ1n) is 11.3. The summed E-state index contributed by atoms with van der Waals surface area (Å²) in [5.41, 5.74) is 4.79. The summed E-state index contributed by atoms with van der Waals surface area (Å²) in [6.45, 7) is 6.64. The molecule has 0 fully saturated rings. The minimum absolute atomic E-state index is 0.0995. The van der Waals surface area contributed by atoms with Crippen LogP contribution < -0.4 is 5.56 Å². The number of thioether (sulfide) groups is 1. The van der Waals surface area contributed by atoms with Crippen LogP contribution >= 0.6 is 35.3 Å². The van der Waals surface area contributed by atoms with E-state index in [2.05, 4.69) is 45.0 Å². The van der Waals surface area contributed by atoms with Gasteiger partial charge in [0.15, 0.2) is 14.8 Å². The molecule has 176 valence electrons. The summed E-state index contributed by atoms with van der Waals surface area (Å²) >= 11 is 8.54. The van der Waals surface area contributed by atoms with Crippen molar-refractivity contribution in [1.82, 2.24) is 14.1 Å². The van der Waals surface area contributed by atoms with E-state index in [1.807, 2.05) is 65.2 Å². The second-order valence-electron chi connectivity index (χ2n) is 9.30. The van der Waals surface area contributed by atoms with Crippen LogP contribution in [0, 0.1) is 3.95 Å². The third-order valence-electron chi connectivity index (χ3n) is 5.79. The van der Waals surface area contributed by atoms with E-state index in [4.69, 9.17) is 17.2 Å². The first-order chi connectivity index (χ1) is 16.8. The first-order valence-corrected chi connectivity index (χ1v) is 13.6. The summed E-state index contributed by atoms with van der Waals surface area (Å²) < 4.78 is 4.77. The second kappa shape index (κ2) is 9.57. The van der Waals surface area contributed by atoms with Gasteiger partial charge in [-0.25, -0.2) is 4.98 Å². The lowest BCUT2D eigenvalue weighted by Gasteiger charge is -2.19. The fraction of sp³-hybridized carbons (Fsp3) is 0.179. The van der Waals surface area contributed by atoms with E-state index >= 15 is 0 Å². The van der Waals surface area contributed by atoms with Gasteiger partial charge in [0, 0.05) is 11.4 Å². The van der Waals surface area contributed by atoms with E-state index in [9.17, 15) is 4.79 Å². The van der Waals surface area contributed by atoms with Crippen molar-refractivity contribution in [2.45, 2.75) is 37.1 Å². The third-order valence-corrected chi connectivity index (χ3v) is 8.15. The van der Waals surface area contributed by atoms with Gasteiger partial charge in [-0.15, -0.1) is 0 Å². The third kappa shape index (κ3) is 4.76. The van der Waals surface area contributed by atoms with Crippen molar-refractivity contribution in [1.29, 1.82) is 0 Å². The van der Waals surface area contributed by atoms with Crippen LogP contribution in [0.2, 0.25) is 0 Å². The SMILES string of the molecule is CC(C)(C)c1ccc(CSc2nc3c(sc(=S)n3-c3ccccc3)c(=O)n2-c2ccccc2)cc1. The van der Waals surface area contributed by atoms with Crippen molar-refractivity contribution in [3.63, 3.8) is 0 Å². The van der Waals surface area contributed by atoms with Crippen LogP contribution in [-0.4, -0.2) is 14.1 Å². The molecule has 0 unspecified atom stereocenters. The van der Waals surface area contributed by atoms with Crippen LogP contribution in [0.5, 0.6) is 0 Å². The lowest BCUT2D eigenvalue weighted by molar-refractivity contribution is 0.590. The zero-order chi connectivity index (χ0) is 24.6. The Labute approximate surface area is 217 Å². The van der Waals surface area contributed by atoms with Crippen molar-refractivity contribution in [2.75, 3.05) is 0 Å². The summed E-state index contributed by atoms with van der Waals surface area (Å²) in [7, 11) is 0. The van der Waals surface area contributed by atoms with E-state index in [0.29, 0.717) is 25.2 Å². The average molecular weight is 516 g/mol. The molecule has 7 heteroatoms. The number of hydrogen-bond donors (Lipinski definition) is 0. The molecule has 0 N–H and O–H groups in total. The highest BCUT2D eigenvalue weighted by atomic mass is 32.2. The summed E-state index contributed by atoms with van der Waals surface area (Å²) in [5.74, 6) is 0.700. The second-order valence-corrected chi connectivity index (χ2v) is 11.9. The van der Waals surface area contributed by atoms with Crippen LogP contribution in [0.15, 0.2) is 94.9 Å². The molecule has 2 heterocycles. The monoisotopic (exact) mass is 515 g/mol. The van der Waals surface area contributed by atoms with Gasteiger partial charge in [-0.2, -0.15) is 0 Å². The molecule has 4 nitrogen and oxygen atoms in total. The molecule has 0 aliphatic carbocycles. The van der Waals surface area contributed by atoms with Gasteiger partial charge in [0.05, 0.1) is 5.69 Å². The zero-order valence-corrected chi connectivity index (χ0v) is 22.2. The Kier molecular flexibility index (Phi) is 6.49. The normalized spacial score (nSPS) is 11.7. The predicted octanol–water partition coefficient (Wildman–Crippen LogP) is 7.56. The Morgan fingerprint density at radius 3 is 2.00 bits per heavy atom. The van der Waals surface area contributed by atoms with E-state index in [1.165, 1.54) is 22.5 Å². The molecule has 35 heavy (non-hydrogen) atoms. The fourth-order valence-corrected chi connectivity index (χ4v) is 6.15. The van der Waals surface area contributed by atoms with Crippen molar-refractivity contribution in [3.8, 4) is 11.4 Å². The standard InChI is InChI=1S/C28H25N3OS3/c1-28(2,3)20-16-14-19(15-17-20)18-34-26-29-24-23(25(32)31(26)22-12-8-5-9-13-22)35-27(33)30(24)21-10-6-4-7-11-21/h4-17H,18H2,1-3H3. The van der Waals surface area contributed by atoms with Crippen molar-refractivity contribution in [3.05, 3.63) is 110 Å². The highest BCUT2D eigenvalue weighted by Gasteiger charge is 2.19. The zero-order valence-electron chi connectivity index (χ0n) is 19.8. The van der Waals surface area contributed by atoms with Gasteiger partial charge in [0.25, 0.3) is 5.56 Å². The lowest BCUT2D eigenvalue weighted by Crippen LogP contribution is -2.21. The molecule has 0 spiro atoms. The number of rotatable bonds is 5. The molecule has 0 aliphatic rings. The number of fused-ring (bicyclic) bond motifs is 1. The summed E-state index contributed by atoms with van der Waals surface area (Å²) in [5, 5.41) is 0.645. The van der Waals surface area contributed by atoms with Crippen LogP contribution in [-0.2, 0) is 11.2 Å². The molecule has 2 aromatic heterocycles. The van der Waals surface area contributed by atoms with Gasteiger partial charge < -0.3 is 0 Å². The number of aromatic nitrogens is 3. The van der Waals surface area contributed by atoms with E-state index < -0.39 is 0 Å². The molecule has 0 atom stereocenters. The van der Waals surface area contributed by atoms with Crippen LogP contribution in [0.4, 0.5) is 0 Å². The molecule has 0 saturated carbocycles. The number of nitrogens with zero attached hydrogens (tertiary/aromatic N) is 3. The van der Waals surface area contributed by atoms with Gasteiger partial charge >= 0.3 is 0 Å². The maximum atomic E-state index is 13.8. The number of hydrogen-bond acceptors (Lipinski definition) is 5. The van der Waals surface area contributed by atoms with E-state index in [-0.39, 0.29) is 11.0 Å². The topological polar surface area (TPSA) is 39.8 Å². The lowest BCUT2D eigenvalue weighted by atomic mass is 9.87. The Hall–Kier alpha value is -3.00. The van der Waals surface area contributed by atoms with Gasteiger partial charge in [-0.1, -0.05) is 105 Å². The highest BCUT2D eigenvalue weighted by molar-refractivity contribution is 7.98. The molecule has 0 bridgehead atoms. The quantitative estimate of drug-likeness (QED) is 0.138. The Morgan fingerprint density at radius 1 is 0.857 bits per heavy atom. The van der Waals surface area contributed by atoms with Gasteiger partial charge in [-0.3, -0.25) is 13.9 Å². The molecule has 0 aliphatic heterocycles. The molecular weight excluding hydrogens is 491 g/mol. The van der Waals surface area contributed by atoms with E-state index in [0.717, 1.165) is 11.4 Å².